The average molecular weight is 286 g/mol. The monoisotopic (exact) mass is 285 g/mol. The first-order chi connectivity index (χ1) is 8.50. The summed E-state index contributed by atoms with van der Waals surface area (Å²) in [7, 11) is 1.75. The predicted octanol–water partition coefficient (Wildman–Crippen LogP) is 2.08. The number of anilines is 1. The zero-order valence-electron chi connectivity index (χ0n) is 9.61. The van der Waals surface area contributed by atoms with Gasteiger partial charge in [0.25, 0.3) is 5.91 Å². The molecule has 1 amide bonds. The molecule has 0 saturated heterocycles. The maximum Gasteiger partial charge on any atom is 0.260 e. The van der Waals surface area contributed by atoms with Crippen molar-refractivity contribution in [3.8, 4) is 0 Å². The van der Waals surface area contributed by atoms with Gasteiger partial charge in [0.05, 0.1) is 11.8 Å². The highest BCUT2D eigenvalue weighted by atomic mass is 35.5. The van der Waals surface area contributed by atoms with Crippen LogP contribution in [0.3, 0.4) is 0 Å². The molecule has 2 aromatic rings. The van der Waals surface area contributed by atoms with Crippen LogP contribution in [0.1, 0.15) is 16.1 Å². The third kappa shape index (κ3) is 2.30. The lowest BCUT2D eigenvalue weighted by molar-refractivity contribution is 0.102. The molecule has 8 heteroatoms. The van der Waals surface area contributed by atoms with Crippen molar-refractivity contribution in [3.63, 3.8) is 0 Å². The molecular weight excluding hydrogens is 277 g/mol. The van der Waals surface area contributed by atoms with Crippen molar-refractivity contribution in [2.45, 2.75) is 6.92 Å². The van der Waals surface area contributed by atoms with Crippen LogP contribution in [0.2, 0.25) is 10.2 Å². The van der Waals surface area contributed by atoms with E-state index in [9.17, 15) is 4.79 Å². The fraction of sp³-hybridized carbons (Fsp3) is 0.200. The van der Waals surface area contributed by atoms with Crippen LogP contribution < -0.4 is 5.32 Å². The van der Waals surface area contributed by atoms with Crippen molar-refractivity contribution in [1.82, 2.24) is 19.7 Å². The van der Waals surface area contributed by atoms with E-state index in [1.807, 2.05) is 0 Å². The molecule has 0 aliphatic carbocycles. The van der Waals surface area contributed by atoms with Crippen LogP contribution in [0.25, 0.3) is 0 Å². The minimum atomic E-state index is -0.350. The van der Waals surface area contributed by atoms with E-state index in [1.54, 1.807) is 18.7 Å². The van der Waals surface area contributed by atoms with Gasteiger partial charge in [0, 0.05) is 12.7 Å². The van der Waals surface area contributed by atoms with E-state index in [1.165, 1.54) is 12.5 Å². The van der Waals surface area contributed by atoms with Crippen molar-refractivity contribution in [1.29, 1.82) is 0 Å². The molecule has 2 aromatic heterocycles. The Morgan fingerprint density at radius 2 is 2.11 bits per heavy atom. The summed E-state index contributed by atoms with van der Waals surface area (Å²) < 4.78 is 1.60. The van der Waals surface area contributed by atoms with Gasteiger partial charge in [-0.15, -0.1) is 0 Å². The summed E-state index contributed by atoms with van der Waals surface area (Å²) in [5.74, 6) is -0.179. The van der Waals surface area contributed by atoms with Crippen molar-refractivity contribution in [3.05, 3.63) is 34.0 Å². The molecule has 0 fully saturated rings. The summed E-state index contributed by atoms with van der Waals surface area (Å²) >= 11 is 11.6. The molecule has 0 aliphatic heterocycles. The maximum absolute atomic E-state index is 12.0. The third-order valence-electron chi connectivity index (χ3n) is 2.46. The first-order valence-corrected chi connectivity index (χ1v) is 5.72. The zero-order chi connectivity index (χ0) is 13.3. The first kappa shape index (κ1) is 12.8. The second-order valence-corrected chi connectivity index (χ2v) is 4.28. The van der Waals surface area contributed by atoms with E-state index >= 15 is 0 Å². The van der Waals surface area contributed by atoms with E-state index in [-0.39, 0.29) is 21.9 Å². The summed E-state index contributed by atoms with van der Waals surface area (Å²) in [5, 5.41) is 6.74. The van der Waals surface area contributed by atoms with Gasteiger partial charge in [-0.25, -0.2) is 9.97 Å². The quantitative estimate of drug-likeness (QED) is 0.858. The molecule has 1 N–H and O–H groups in total. The number of hydrogen-bond donors (Lipinski definition) is 1. The van der Waals surface area contributed by atoms with Gasteiger partial charge >= 0.3 is 0 Å². The molecule has 0 saturated carbocycles. The third-order valence-corrected chi connectivity index (χ3v) is 3.20. The summed E-state index contributed by atoms with van der Waals surface area (Å²) in [5.41, 5.74) is 1.19. The average Bonchev–Trinajstić information content (AvgIpc) is 2.66. The second kappa shape index (κ2) is 4.91. The van der Waals surface area contributed by atoms with Gasteiger partial charge < -0.3 is 5.32 Å². The van der Waals surface area contributed by atoms with Crippen LogP contribution in [-0.2, 0) is 7.05 Å². The Morgan fingerprint density at radius 1 is 1.39 bits per heavy atom. The number of rotatable bonds is 2. The van der Waals surface area contributed by atoms with E-state index in [0.29, 0.717) is 5.56 Å². The number of carbonyl (C=O) groups excluding carboxylic acids is 1. The lowest BCUT2D eigenvalue weighted by atomic mass is 10.2. The van der Waals surface area contributed by atoms with Gasteiger partial charge in [-0.05, 0) is 6.92 Å². The Hall–Kier alpha value is -1.66. The number of hydrogen-bond acceptors (Lipinski definition) is 4. The molecule has 0 unspecified atom stereocenters. The summed E-state index contributed by atoms with van der Waals surface area (Å²) in [6.07, 6.45) is 2.70. The highest BCUT2D eigenvalue weighted by Crippen LogP contribution is 2.25. The van der Waals surface area contributed by atoms with E-state index < -0.39 is 0 Å². The Bertz CT molecular complexity index is 610. The summed E-state index contributed by atoms with van der Waals surface area (Å²) in [6, 6.07) is 0. The Kier molecular flexibility index (Phi) is 3.49. The number of aromatic nitrogens is 4. The Labute approximate surface area is 113 Å². The molecule has 0 aromatic carbocycles. The largest absolute Gasteiger partial charge is 0.305 e. The number of nitrogens with zero attached hydrogens (tertiary/aromatic N) is 4. The SMILES string of the molecule is Cc1c(C(=O)Nc2ncnc(Cl)c2Cl)cnn1C. The smallest absolute Gasteiger partial charge is 0.260 e. The topological polar surface area (TPSA) is 72.7 Å². The van der Waals surface area contributed by atoms with Crippen molar-refractivity contribution in [2.75, 3.05) is 5.32 Å². The molecule has 0 radical (unpaired) electrons. The highest BCUT2D eigenvalue weighted by molar-refractivity contribution is 6.43. The molecule has 0 bridgehead atoms. The minimum Gasteiger partial charge on any atom is -0.305 e. The van der Waals surface area contributed by atoms with Crippen LogP contribution in [0.4, 0.5) is 5.82 Å². The van der Waals surface area contributed by atoms with Gasteiger partial charge in [-0.1, -0.05) is 23.2 Å². The van der Waals surface area contributed by atoms with Gasteiger partial charge in [0.15, 0.2) is 11.0 Å². The number of halogens is 2. The first-order valence-electron chi connectivity index (χ1n) is 4.96. The number of carbonyl (C=O) groups is 1. The van der Waals surface area contributed by atoms with E-state index in [0.717, 1.165) is 5.69 Å². The fourth-order valence-electron chi connectivity index (χ4n) is 1.33. The lowest BCUT2D eigenvalue weighted by Crippen LogP contribution is -2.14. The van der Waals surface area contributed by atoms with Crippen molar-refractivity contribution >= 4 is 34.9 Å². The number of aryl methyl sites for hydroxylation is 1. The van der Waals surface area contributed by atoms with Crippen molar-refractivity contribution < 1.29 is 4.79 Å². The Balaban J connectivity index is 2.27. The van der Waals surface area contributed by atoms with E-state index in [2.05, 4.69) is 20.4 Å². The van der Waals surface area contributed by atoms with Gasteiger partial charge in [0.1, 0.15) is 11.3 Å². The highest BCUT2D eigenvalue weighted by Gasteiger charge is 2.16. The normalized spacial score (nSPS) is 10.4. The van der Waals surface area contributed by atoms with Crippen LogP contribution >= 0.6 is 23.2 Å². The fourth-order valence-corrected chi connectivity index (χ4v) is 1.61. The second-order valence-electron chi connectivity index (χ2n) is 3.55. The van der Waals surface area contributed by atoms with Crippen LogP contribution in [0.5, 0.6) is 0 Å². The number of amides is 1. The minimum absolute atomic E-state index is 0.0878. The van der Waals surface area contributed by atoms with Gasteiger partial charge in [-0.2, -0.15) is 5.10 Å². The predicted molar refractivity (Wildman–Crippen MR) is 68.0 cm³/mol. The zero-order valence-corrected chi connectivity index (χ0v) is 11.1. The molecule has 0 atom stereocenters. The number of nitrogens with one attached hydrogen (secondary N) is 1. The summed E-state index contributed by atoms with van der Waals surface area (Å²) in [6.45, 7) is 1.79. The molecule has 0 spiro atoms. The molecule has 94 valence electrons. The Morgan fingerprint density at radius 3 is 2.72 bits per heavy atom. The summed E-state index contributed by atoms with van der Waals surface area (Å²) in [4.78, 5) is 19.5. The van der Waals surface area contributed by atoms with Crippen LogP contribution in [0, 0.1) is 6.92 Å². The van der Waals surface area contributed by atoms with Crippen LogP contribution in [0.15, 0.2) is 12.5 Å². The van der Waals surface area contributed by atoms with Crippen molar-refractivity contribution in [2.24, 2.45) is 7.05 Å². The standard InChI is InChI=1S/C10H9Cl2N5O/c1-5-6(3-15-17(5)2)10(18)16-9-7(11)8(12)13-4-14-9/h3-4H,1-2H3,(H,13,14,16,18). The molecule has 2 heterocycles. The lowest BCUT2D eigenvalue weighted by Gasteiger charge is -2.06. The van der Waals surface area contributed by atoms with Gasteiger partial charge in [-0.3, -0.25) is 9.48 Å². The molecular formula is C10H9Cl2N5O. The maximum atomic E-state index is 12.0. The molecule has 2 rings (SSSR count). The molecule has 6 nitrogen and oxygen atoms in total. The van der Waals surface area contributed by atoms with E-state index in [4.69, 9.17) is 23.2 Å². The van der Waals surface area contributed by atoms with Gasteiger partial charge in [0.2, 0.25) is 0 Å². The molecule has 0 aliphatic rings. The van der Waals surface area contributed by atoms with Crippen LogP contribution in [-0.4, -0.2) is 25.7 Å². The molecule has 18 heavy (non-hydrogen) atoms.